The molecule has 0 aliphatic rings. The fourth-order valence-corrected chi connectivity index (χ4v) is 3.73. The molecular formula is C11H16INO2S. The number of sulfonamides is 1. The van der Waals surface area contributed by atoms with Crippen LogP contribution >= 0.6 is 22.6 Å². The van der Waals surface area contributed by atoms with Crippen LogP contribution in [0.25, 0.3) is 0 Å². The zero-order valence-corrected chi connectivity index (χ0v) is 12.2. The van der Waals surface area contributed by atoms with Crippen LogP contribution < -0.4 is 4.72 Å². The number of hydrogen-bond donors (Lipinski definition) is 1. The molecule has 90 valence electrons. The highest BCUT2D eigenvalue weighted by Gasteiger charge is 2.15. The molecule has 1 aromatic carbocycles. The summed E-state index contributed by atoms with van der Waals surface area (Å²) in [7, 11) is -3.33. The number of halogens is 1. The number of nitrogens with one attached hydrogen (secondary N) is 1. The molecule has 1 aromatic rings. The Morgan fingerprint density at radius 1 is 1.25 bits per heavy atom. The molecule has 0 unspecified atom stereocenters. The van der Waals surface area contributed by atoms with Gasteiger partial charge in [-0.05, 0) is 41.1 Å². The van der Waals surface area contributed by atoms with Crippen molar-refractivity contribution in [1.29, 1.82) is 0 Å². The normalized spacial score (nSPS) is 11.6. The molecule has 0 saturated carbocycles. The van der Waals surface area contributed by atoms with E-state index in [0.717, 1.165) is 22.8 Å². The first-order valence-electron chi connectivity index (χ1n) is 5.32. The minimum Gasteiger partial charge on any atom is -0.211 e. The molecule has 0 spiro atoms. The Balaban J connectivity index is 2.68. The summed E-state index contributed by atoms with van der Waals surface area (Å²) < 4.78 is 27.2. The maximum Gasteiger partial charge on any atom is 0.241 e. The molecule has 1 rings (SSSR count). The zero-order chi connectivity index (χ0) is 12.0. The average molecular weight is 353 g/mol. The smallest absolute Gasteiger partial charge is 0.211 e. The van der Waals surface area contributed by atoms with E-state index in [2.05, 4.69) is 11.6 Å². The van der Waals surface area contributed by atoms with Crippen molar-refractivity contribution in [2.75, 3.05) is 6.54 Å². The van der Waals surface area contributed by atoms with Gasteiger partial charge in [0.1, 0.15) is 0 Å². The molecule has 0 aromatic heterocycles. The van der Waals surface area contributed by atoms with E-state index >= 15 is 0 Å². The van der Waals surface area contributed by atoms with Crippen LogP contribution in [0.15, 0.2) is 29.2 Å². The first-order valence-corrected chi connectivity index (χ1v) is 7.88. The molecule has 0 amide bonds. The van der Waals surface area contributed by atoms with Gasteiger partial charge in [0.25, 0.3) is 0 Å². The monoisotopic (exact) mass is 353 g/mol. The van der Waals surface area contributed by atoms with Crippen molar-refractivity contribution in [1.82, 2.24) is 4.72 Å². The van der Waals surface area contributed by atoms with Gasteiger partial charge in [-0.1, -0.05) is 31.9 Å². The van der Waals surface area contributed by atoms with Gasteiger partial charge in [0.05, 0.1) is 4.90 Å². The summed E-state index contributed by atoms with van der Waals surface area (Å²) in [6, 6.07) is 6.99. The van der Waals surface area contributed by atoms with E-state index in [4.69, 9.17) is 0 Å². The van der Waals surface area contributed by atoms with E-state index in [9.17, 15) is 8.42 Å². The summed E-state index contributed by atoms with van der Waals surface area (Å²) >= 11 is 2.03. The van der Waals surface area contributed by atoms with Gasteiger partial charge < -0.3 is 0 Å². The fraction of sp³-hybridized carbons (Fsp3) is 0.455. The molecule has 0 aliphatic heterocycles. The summed E-state index contributed by atoms with van der Waals surface area (Å²) in [6.45, 7) is 2.61. The van der Waals surface area contributed by atoms with Crippen molar-refractivity contribution in [3.05, 3.63) is 27.8 Å². The Kier molecular flexibility index (Phi) is 5.71. The molecule has 3 nitrogen and oxygen atoms in total. The molecule has 0 fully saturated rings. The molecule has 16 heavy (non-hydrogen) atoms. The van der Waals surface area contributed by atoms with Gasteiger partial charge in [-0.15, -0.1) is 0 Å². The topological polar surface area (TPSA) is 46.2 Å². The predicted octanol–water partition coefficient (Wildman–Crippen LogP) is 2.76. The van der Waals surface area contributed by atoms with Crippen molar-refractivity contribution in [2.24, 2.45) is 0 Å². The Bertz CT molecular complexity index is 431. The third-order valence-electron chi connectivity index (χ3n) is 2.20. The molecule has 0 heterocycles. The molecule has 1 N–H and O–H groups in total. The molecule has 0 aliphatic carbocycles. The first kappa shape index (κ1) is 13.9. The molecule has 0 radical (unpaired) electrons. The predicted molar refractivity (Wildman–Crippen MR) is 73.9 cm³/mol. The fourth-order valence-electron chi connectivity index (χ4n) is 1.32. The van der Waals surface area contributed by atoms with Crippen molar-refractivity contribution in [3.8, 4) is 0 Å². The highest BCUT2D eigenvalue weighted by molar-refractivity contribution is 14.1. The highest BCUT2D eigenvalue weighted by atomic mass is 127. The van der Waals surface area contributed by atoms with Gasteiger partial charge in [0.2, 0.25) is 10.0 Å². The van der Waals surface area contributed by atoms with Crippen LogP contribution in [-0.4, -0.2) is 15.0 Å². The van der Waals surface area contributed by atoms with Crippen molar-refractivity contribution in [3.63, 3.8) is 0 Å². The molecule has 0 atom stereocenters. The Labute approximate surface area is 111 Å². The van der Waals surface area contributed by atoms with Crippen LogP contribution in [0.2, 0.25) is 0 Å². The van der Waals surface area contributed by atoms with Gasteiger partial charge >= 0.3 is 0 Å². The number of benzene rings is 1. The minimum absolute atomic E-state index is 0.368. The van der Waals surface area contributed by atoms with Gasteiger partial charge in [0, 0.05) is 10.1 Å². The van der Waals surface area contributed by atoms with Crippen LogP contribution in [0.4, 0.5) is 0 Å². The van der Waals surface area contributed by atoms with Crippen LogP contribution in [0.1, 0.15) is 26.2 Å². The Hall–Kier alpha value is -0.140. The SMILES string of the molecule is CCCCCNS(=O)(=O)c1ccccc1I. The quantitative estimate of drug-likeness (QED) is 0.632. The Morgan fingerprint density at radius 2 is 1.94 bits per heavy atom. The summed E-state index contributed by atoms with van der Waals surface area (Å²) in [4.78, 5) is 0.368. The number of hydrogen-bond acceptors (Lipinski definition) is 2. The summed E-state index contributed by atoms with van der Waals surface area (Å²) in [5, 5.41) is 0. The molecule has 0 bridgehead atoms. The van der Waals surface area contributed by atoms with E-state index in [1.807, 2.05) is 28.7 Å². The maximum atomic E-state index is 11.9. The third-order valence-corrected chi connectivity index (χ3v) is 5.02. The van der Waals surface area contributed by atoms with E-state index < -0.39 is 10.0 Å². The minimum atomic E-state index is -3.33. The lowest BCUT2D eigenvalue weighted by atomic mass is 10.3. The average Bonchev–Trinajstić information content (AvgIpc) is 2.25. The first-order chi connectivity index (χ1) is 7.58. The van der Waals surface area contributed by atoms with Crippen molar-refractivity contribution >= 4 is 32.6 Å². The second-order valence-corrected chi connectivity index (χ2v) is 6.43. The van der Waals surface area contributed by atoms with E-state index in [0.29, 0.717) is 11.4 Å². The van der Waals surface area contributed by atoms with Gasteiger partial charge in [-0.25, -0.2) is 13.1 Å². The van der Waals surface area contributed by atoms with E-state index in [1.165, 1.54) is 0 Å². The lowest BCUT2D eigenvalue weighted by molar-refractivity contribution is 0.575. The van der Waals surface area contributed by atoms with Gasteiger partial charge in [-0.2, -0.15) is 0 Å². The molecule has 0 saturated heterocycles. The number of rotatable bonds is 6. The second kappa shape index (κ2) is 6.56. The number of unbranched alkanes of at least 4 members (excludes halogenated alkanes) is 2. The third kappa shape index (κ3) is 4.03. The summed E-state index contributed by atoms with van der Waals surface area (Å²) in [5.74, 6) is 0. The van der Waals surface area contributed by atoms with Gasteiger partial charge in [-0.3, -0.25) is 0 Å². The van der Waals surface area contributed by atoms with Crippen molar-refractivity contribution in [2.45, 2.75) is 31.1 Å². The van der Waals surface area contributed by atoms with Crippen molar-refractivity contribution < 1.29 is 8.42 Å². The standard InChI is InChI=1S/C11H16INO2S/c1-2-3-6-9-13-16(14,15)11-8-5-4-7-10(11)12/h4-5,7-8,13H,2-3,6,9H2,1H3. The maximum absolute atomic E-state index is 11.9. The van der Waals surface area contributed by atoms with Gasteiger partial charge in [0.15, 0.2) is 0 Å². The van der Waals surface area contributed by atoms with Crippen LogP contribution in [-0.2, 0) is 10.0 Å². The second-order valence-electron chi connectivity index (χ2n) is 3.54. The summed E-state index contributed by atoms with van der Waals surface area (Å²) in [5.41, 5.74) is 0. The lowest BCUT2D eigenvalue weighted by Gasteiger charge is -2.07. The van der Waals surface area contributed by atoms with Crippen LogP contribution in [0.3, 0.4) is 0 Å². The van der Waals surface area contributed by atoms with E-state index in [-0.39, 0.29) is 0 Å². The Morgan fingerprint density at radius 3 is 2.56 bits per heavy atom. The van der Waals surface area contributed by atoms with Crippen LogP contribution in [0.5, 0.6) is 0 Å². The lowest BCUT2D eigenvalue weighted by Crippen LogP contribution is -2.25. The highest BCUT2D eigenvalue weighted by Crippen LogP contribution is 2.16. The van der Waals surface area contributed by atoms with E-state index in [1.54, 1.807) is 18.2 Å². The zero-order valence-electron chi connectivity index (χ0n) is 9.24. The molecule has 5 heteroatoms. The largest absolute Gasteiger partial charge is 0.241 e. The summed E-state index contributed by atoms with van der Waals surface area (Å²) in [6.07, 6.45) is 3.03. The molecular weight excluding hydrogens is 337 g/mol. The van der Waals surface area contributed by atoms with Crippen LogP contribution in [0, 0.1) is 3.57 Å².